The highest BCUT2D eigenvalue weighted by Crippen LogP contribution is 2.56. The molecule has 0 radical (unpaired) electrons. The molecule has 2 aromatic rings. The van der Waals surface area contributed by atoms with Crippen molar-refractivity contribution in [2.24, 2.45) is 0 Å². The molecular formula is C19H16O3. The van der Waals surface area contributed by atoms with Crippen LogP contribution in [0.3, 0.4) is 0 Å². The lowest BCUT2D eigenvalue weighted by Crippen LogP contribution is -2.50. The minimum absolute atomic E-state index is 0.0324. The van der Waals surface area contributed by atoms with Crippen molar-refractivity contribution in [1.82, 2.24) is 0 Å². The van der Waals surface area contributed by atoms with Crippen molar-refractivity contribution in [3.8, 4) is 0 Å². The molecule has 3 nitrogen and oxygen atoms in total. The number of aldehydes is 1. The van der Waals surface area contributed by atoms with E-state index in [1.165, 1.54) is 0 Å². The molecule has 0 aromatic heterocycles. The molecule has 0 unspecified atom stereocenters. The molecule has 0 N–H and O–H groups in total. The summed E-state index contributed by atoms with van der Waals surface area (Å²) in [4.78, 5) is 24.0. The second-order valence-corrected chi connectivity index (χ2v) is 6.22. The van der Waals surface area contributed by atoms with E-state index in [-0.39, 0.29) is 18.0 Å². The predicted molar refractivity (Wildman–Crippen MR) is 81.8 cm³/mol. The number of hydrogen-bond acceptors (Lipinski definition) is 3. The smallest absolute Gasteiger partial charge is 0.317 e. The zero-order valence-corrected chi connectivity index (χ0v) is 12.3. The van der Waals surface area contributed by atoms with E-state index in [1.54, 1.807) is 0 Å². The van der Waals surface area contributed by atoms with E-state index in [0.717, 1.165) is 29.4 Å². The summed E-state index contributed by atoms with van der Waals surface area (Å²) in [5.74, 6) is -0.219. The third-order valence-electron chi connectivity index (χ3n) is 5.19. The van der Waals surface area contributed by atoms with Crippen LogP contribution in [0.25, 0.3) is 0 Å². The Morgan fingerprint density at radius 1 is 1.09 bits per heavy atom. The van der Waals surface area contributed by atoms with E-state index in [0.29, 0.717) is 5.56 Å². The van der Waals surface area contributed by atoms with Crippen molar-refractivity contribution in [3.63, 3.8) is 0 Å². The molecule has 0 spiro atoms. The van der Waals surface area contributed by atoms with Gasteiger partial charge in [-0.25, -0.2) is 0 Å². The first-order valence-electron chi connectivity index (χ1n) is 7.51. The van der Waals surface area contributed by atoms with Gasteiger partial charge >= 0.3 is 5.97 Å². The van der Waals surface area contributed by atoms with Crippen molar-refractivity contribution in [3.05, 3.63) is 70.8 Å². The first-order chi connectivity index (χ1) is 10.7. The number of hydrogen-bond donors (Lipinski definition) is 0. The molecule has 1 fully saturated rings. The van der Waals surface area contributed by atoms with Gasteiger partial charge in [0.2, 0.25) is 0 Å². The SMILES string of the molecule is C[C@@]12C(=O)O[C@@H](C[C@H]1c1ccccc1C=O)c1ccccc12. The molecule has 1 saturated heterocycles. The van der Waals surface area contributed by atoms with Crippen molar-refractivity contribution in [1.29, 1.82) is 0 Å². The highest BCUT2D eigenvalue weighted by atomic mass is 16.5. The summed E-state index contributed by atoms with van der Waals surface area (Å²) in [7, 11) is 0. The third kappa shape index (κ3) is 1.56. The van der Waals surface area contributed by atoms with E-state index in [2.05, 4.69) is 0 Å². The summed E-state index contributed by atoms with van der Waals surface area (Å²) >= 11 is 0. The van der Waals surface area contributed by atoms with Gasteiger partial charge in [-0.05, 0) is 30.0 Å². The van der Waals surface area contributed by atoms with Crippen molar-refractivity contribution >= 4 is 12.3 Å². The molecule has 2 heterocycles. The number of carbonyl (C=O) groups is 2. The minimum atomic E-state index is -0.732. The zero-order valence-electron chi connectivity index (χ0n) is 12.3. The van der Waals surface area contributed by atoms with Crippen LogP contribution in [0, 0.1) is 0 Å². The Morgan fingerprint density at radius 3 is 2.55 bits per heavy atom. The fourth-order valence-corrected chi connectivity index (χ4v) is 4.00. The van der Waals surface area contributed by atoms with Crippen LogP contribution in [0.4, 0.5) is 0 Å². The molecule has 2 aliphatic heterocycles. The Labute approximate surface area is 128 Å². The van der Waals surface area contributed by atoms with Crippen LogP contribution in [0.1, 0.15) is 52.4 Å². The summed E-state index contributed by atoms with van der Waals surface area (Å²) in [5, 5.41) is 0. The van der Waals surface area contributed by atoms with Gasteiger partial charge in [-0.1, -0.05) is 48.5 Å². The number of carbonyl (C=O) groups excluding carboxylic acids is 2. The van der Waals surface area contributed by atoms with Crippen molar-refractivity contribution in [2.45, 2.75) is 30.8 Å². The van der Waals surface area contributed by atoms with E-state index >= 15 is 0 Å². The monoisotopic (exact) mass is 292 g/mol. The Balaban J connectivity index is 1.94. The maximum atomic E-state index is 12.6. The van der Waals surface area contributed by atoms with Gasteiger partial charge in [0.15, 0.2) is 0 Å². The average molecular weight is 292 g/mol. The first-order valence-corrected chi connectivity index (χ1v) is 7.51. The molecule has 2 aromatic carbocycles. The summed E-state index contributed by atoms with van der Waals surface area (Å²) in [5.41, 5.74) is 3.00. The Bertz CT molecular complexity index is 780. The quantitative estimate of drug-likeness (QED) is 0.628. The van der Waals surface area contributed by atoms with Crippen LogP contribution < -0.4 is 0 Å². The first kappa shape index (κ1) is 13.3. The third-order valence-corrected chi connectivity index (χ3v) is 5.19. The summed E-state index contributed by atoms with van der Waals surface area (Å²) in [6, 6.07) is 15.5. The zero-order chi connectivity index (χ0) is 15.3. The summed E-state index contributed by atoms with van der Waals surface area (Å²) in [6.45, 7) is 1.94. The molecule has 3 heteroatoms. The fourth-order valence-electron chi connectivity index (χ4n) is 4.00. The lowest BCUT2D eigenvalue weighted by molar-refractivity contribution is -0.168. The van der Waals surface area contributed by atoms with Crippen LogP contribution in [-0.2, 0) is 14.9 Å². The van der Waals surface area contributed by atoms with Crippen molar-refractivity contribution in [2.75, 3.05) is 0 Å². The largest absolute Gasteiger partial charge is 0.457 e. The van der Waals surface area contributed by atoms with Gasteiger partial charge in [0.1, 0.15) is 12.4 Å². The molecule has 1 aliphatic carbocycles. The maximum absolute atomic E-state index is 12.6. The lowest BCUT2D eigenvalue weighted by Gasteiger charge is -2.49. The number of rotatable bonds is 2. The Morgan fingerprint density at radius 2 is 1.77 bits per heavy atom. The number of ether oxygens (including phenoxy) is 1. The van der Waals surface area contributed by atoms with Gasteiger partial charge in [-0.3, -0.25) is 9.59 Å². The Hall–Kier alpha value is -2.42. The molecule has 0 amide bonds. The molecular weight excluding hydrogens is 276 g/mol. The molecule has 3 aliphatic rings. The average Bonchev–Trinajstić information content (AvgIpc) is 2.56. The molecule has 110 valence electrons. The molecule has 2 bridgehead atoms. The van der Waals surface area contributed by atoms with Gasteiger partial charge in [0.25, 0.3) is 0 Å². The topological polar surface area (TPSA) is 43.4 Å². The van der Waals surface area contributed by atoms with Gasteiger partial charge < -0.3 is 4.74 Å². The maximum Gasteiger partial charge on any atom is 0.317 e. The van der Waals surface area contributed by atoms with Crippen LogP contribution in [-0.4, -0.2) is 12.3 Å². The minimum Gasteiger partial charge on any atom is -0.457 e. The molecule has 0 saturated carbocycles. The fraction of sp³-hybridized carbons (Fsp3) is 0.263. The lowest BCUT2D eigenvalue weighted by atomic mass is 9.59. The van der Waals surface area contributed by atoms with Gasteiger partial charge in [0, 0.05) is 11.5 Å². The molecule has 3 atom stereocenters. The van der Waals surface area contributed by atoms with E-state index in [4.69, 9.17) is 4.74 Å². The predicted octanol–water partition coefficient (Wildman–Crippen LogP) is 3.54. The normalized spacial score (nSPS) is 28.9. The number of esters is 1. The van der Waals surface area contributed by atoms with E-state index in [1.807, 2.05) is 55.5 Å². The van der Waals surface area contributed by atoms with Crippen molar-refractivity contribution < 1.29 is 14.3 Å². The van der Waals surface area contributed by atoms with E-state index < -0.39 is 5.41 Å². The van der Waals surface area contributed by atoms with Crippen LogP contribution in [0.5, 0.6) is 0 Å². The van der Waals surface area contributed by atoms with Crippen LogP contribution in [0.2, 0.25) is 0 Å². The summed E-state index contributed by atoms with van der Waals surface area (Å²) in [6.07, 6.45) is 1.39. The second kappa shape index (κ2) is 4.54. The highest BCUT2D eigenvalue weighted by molar-refractivity contribution is 5.89. The second-order valence-electron chi connectivity index (χ2n) is 6.22. The number of benzene rings is 2. The summed E-state index contributed by atoms with van der Waals surface area (Å²) < 4.78 is 5.61. The standard InChI is InChI=1S/C19H16O3/c1-19-15-9-5-4-8-14(15)17(22-18(19)21)10-16(19)13-7-3-2-6-12(13)11-20/h2-9,11,16-17H,10H2,1H3/t16-,17-,19-/m0/s1. The van der Waals surface area contributed by atoms with Gasteiger partial charge in [0.05, 0.1) is 5.41 Å². The van der Waals surface area contributed by atoms with Gasteiger partial charge in [-0.2, -0.15) is 0 Å². The molecule has 5 rings (SSSR count). The van der Waals surface area contributed by atoms with Crippen LogP contribution in [0.15, 0.2) is 48.5 Å². The van der Waals surface area contributed by atoms with Gasteiger partial charge in [-0.15, -0.1) is 0 Å². The molecule has 22 heavy (non-hydrogen) atoms. The number of fused-ring (bicyclic) bond motifs is 2. The van der Waals surface area contributed by atoms with Crippen LogP contribution >= 0.6 is 0 Å². The Kier molecular flexibility index (Phi) is 2.73. The highest BCUT2D eigenvalue weighted by Gasteiger charge is 2.56. The van der Waals surface area contributed by atoms with E-state index in [9.17, 15) is 9.59 Å².